The molecule has 0 bridgehead atoms. The molecule has 0 radical (unpaired) electrons. The minimum atomic E-state index is -4.62. The van der Waals surface area contributed by atoms with E-state index in [1.165, 1.54) is 0 Å². The first-order valence-electron chi connectivity index (χ1n) is 7.55. The second kappa shape index (κ2) is 8.63. The summed E-state index contributed by atoms with van der Waals surface area (Å²) in [7, 11) is -4.62. The Hall–Kier alpha value is -0.894. The van der Waals surface area contributed by atoms with E-state index in [1.807, 2.05) is 0 Å². The van der Waals surface area contributed by atoms with Crippen molar-refractivity contribution in [1.82, 2.24) is 4.90 Å². The number of benzene rings is 2. The number of nitrogens with zero attached hydrogens (tertiary/aromatic N) is 1. The van der Waals surface area contributed by atoms with Gasteiger partial charge in [-0.25, -0.2) is 0 Å². The fraction of sp³-hybridized carbons (Fsp3) is 0.250. The van der Waals surface area contributed by atoms with Crippen LogP contribution >= 0.6 is 0 Å². The molecule has 0 spiro atoms. The maximum atomic E-state index is 12.7. The number of amides is 2. The van der Waals surface area contributed by atoms with Gasteiger partial charge in [0.2, 0.25) is 0 Å². The molecule has 3 rings (SSSR count). The van der Waals surface area contributed by atoms with E-state index in [4.69, 9.17) is 9.84 Å². The van der Waals surface area contributed by atoms with Crippen LogP contribution in [0, 0.1) is 0 Å². The average Bonchev–Trinajstić information content (AvgIpc) is 2.57. The summed E-state index contributed by atoms with van der Waals surface area (Å²) in [4.78, 5) is 25.6. The number of carbonyl (C=O) groups is 2. The Balaban J connectivity index is 0.00000261. The molecular formula is C16H14KNO8S. The van der Waals surface area contributed by atoms with Crippen LogP contribution in [-0.4, -0.2) is 61.2 Å². The zero-order chi connectivity index (χ0) is 19.1. The summed E-state index contributed by atoms with van der Waals surface area (Å²) in [5.41, 5.74) is -0.127. The van der Waals surface area contributed by atoms with Gasteiger partial charge in [-0.05, 0) is 17.5 Å². The van der Waals surface area contributed by atoms with E-state index in [1.54, 1.807) is 0 Å². The normalized spacial score (nSPS) is 13.8. The fourth-order valence-corrected chi connectivity index (χ4v) is 3.40. The number of aliphatic hydroxyl groups excluding tert-OH is 1. The van der Waals surface area contributed by atoms with Crippen LogP contribution in [-0.2, 0) is 14.9 Å². The standard InChI is InChI=1S/C16H15NO8S.K/c18-2-4-25-3-1-17-15(20)12-7-10(19)5-9-6-11(26(22,23)24)8-13(14(9)12)16(17)21;/h5-8,18-19H,1-4H2,(H,22,23,24);/q;+1/p-1. The van der Waals surface area contributed by atoms with Crippen LogP contribution in [0.1, 0.15) is 20.7 Å². The number of aliphatic hydroxyl groups is 1. The Kier molecular flexibility index (Phi) is 7.16. The van der Waals surface area contributed by atoms with Crippen LogP contribution in [0.25, 0.3) is 10.8 Å². The molecule has 9 nitrogen and oxygen atoms in total. The van der Waals surface area contributed by atoms with Crippen LogP contribution in [0.5, 0.6) is 5.75 Å². The van der Waals surface area contributed by atoms with Gasteiger partial charge < -0.3 is 14.9 Å². The van der Waals surface area contributed by atoms with Gasteiger partial charge in [0.05, 0.1) is 36.8 Å². The van der Waals surface area contributed by atoms with Crippen molar-refractivity contribution >= 4 is 32.7 Å². The van der Waals surface area contributed by atoms with Gasteiger partial charge in [0.15, 0.2) is 0 Å². The number of hydrogen-bond acceptors (Lipinski definition) is 7. The van der Waals surface area contributed by atoms with E-state index in [2.05, 4.69) is 0 Å². The Bertz CT molecular complexity index is 1020. The fourth-order valence-electron chi connectivity index (χ4n) is 2.86. The van der Waals surface area contributed by atoms with Crippen molar-refractivity contribution < 1.29 is 88.9 Å². The average molecular weight is 419 g/mol. The Morgan fingerprint density at radius 3 is 2.26 bits per heavy atom. The van der Waals surface area contributed by atoms with Gasteiger partial charge >= 0.3 is 51.4 Å². The summed E-state index contributed by atoms with van der Waals surface area (Å²) in [6, 6.07) is 4.19. The van der Waals surface area contributed by atoms with Crippen LogP contribution in [0.2, 0.25) is 0 Å². The number of rotatable bonds is 6. The molecule has 0 aliphatic carbocycles. The summed E-state index contributed by atoms with van der Waals surface area (Å²) in [6.07, 6.45) is 0. The molecule has 2 aromatic carbocycles. The van der Waals surface area contributed by atoms with E-state index >= 15 is 0 Å². The zero-order valence-electron chi connectivity index (χ0n) is 14.3. The predicted molar refractivity (Wildman–Crippen MR) is 86.5 cm³/mol. The van der Waals surface area contributed by atoms with E-state index < -0.39 is 32.6 Å². The molecule has 0 unspecified atom stereocenters. The monoisotopic (exact) mass is 419 g/mol. The van der Waals surface area contributed by atoms with E-state index in [0.717, 1.165) is 29.2 Å². The SMILES string of the molecule is O=C1c2cc([O-])cc3cc(S(=O)(=O)O)cc(c23)C(=O)N1CCOCCO.[K+]. The summed E-state index contributed by atoms with van der Waals surface area (Å²) < 4.78 is 37.3. The van der Waals surface area contributed by atoms with Gasteiger partial charge in [-0.15, -0.1) is 5.75 Å². The molecule has 27 heavy (non-hydrogen) atoms. The molecule has 1 aliphatic heterocycles. The molecule has 0 atom stereocenters. The summed E-state index contributed by atoms with van der Waals surface area (Å²) in [5, 5.41) is 20.8. The summed E-state index contributed by atoms with van der Waals surface area (Å²) in [6.45, 7) is -0.370. The van der Waals surface area contributed by atoms with Crippen molar-refractivity contribution in [1.29, 1.82) is 0 Å². The van der Waals surface area contributed by atoms with Crippen molar-refractivity contribution in [2.45, 2.75) is 4.90 Å². The van der Waals surface area contributed by atoms with Gasteiger partial charge in [0.25, 0.3) is 21.9 Å². The maximum Gasteiger partial charge on any atom is 1.00 e. The number of carbonyl (C=O) groups excluding carboxylic acids is 2. The van der Waals surface area contributed by atoms with Crippen molar-refractivity contribution in [3.8, 4) is 5.75 Å². The smallest absolute Gasteiger partial charge is 0.872 e. The third-order valence-electron chi connectivity index (χ3n) is 3.94. The van der Waals surface area contributed by atoms with Crippen molar-refractivity contribution in [2.24, 2.45) is 0 Å². The van der Waals surface area contributed by atoms with Gasteiger partial charge in [-0.1, -0.05) is 12.1 Å². The quantitative estimate of drug-likeness (QED) is 0.215. The van der Waals surface area contributed by atoms with Gasteiger partial charge in [-0.2, -0.15) is 8.42 Å². The van der Waals surface area contributed by atoms with E-state index in [9.17, 15) is 27.7 Å². The molecule has 0 saturated heterocycles. The van der Waals surface area contributed by atoms with E-state index in [-0.39, 0.29) is 99.6 Å². The molecule has 1 heterocycles. The predicted octanol–water partition coefficient (Wildman–Crippen LogP) is -3.23. The summed E-state index contributed by atoms with van der Waals surface area (Å²) in [5.74, 6) is -1.99. The van der Waals surface area contributed by atoms with Crippen LogP contribution in [0.15, 0.2) is 29.2 Å². The topological polar surface area (TPSA) is 144 Å². The maximum absolute atomic E-state index is 12.7. The molecule has 2 amide bonds. The van der Waals surface area contributed by atoms with Gasteiger partial charge in [0.1, 0.15) is 0 Å². The molecule has 0 fully saturated rings. The minimum absolute atomic E-state index is 0. The Morgan fingerprint density at radius 1 is 1.04 bits per heavy atom. The van der Waals surface area contributed by atoms with E-state index in [0.29, 0.717) is 0 Å². The van der Waals surface area contributed by atoms with Crippen LogP contribution in [0.4, 0.5) is 0 Å². The Morgan fingerprint density at radius 2 is 1.67 bits per heavy atom. The second-order valence-corrected chi connectivity index (χ2v) is 7.03. The molecule has 138 valence electrons. The molecular weight excluding hydrogens is 405 g/mol. The second-order valence-electron chi connectivity index (χ2n) is 5.61. The first kappa shape index (κ1) is 22.4. The zero-order valence-corrected chi connectivity index (χ0v) is 18.3. The summed E-state index contributed by atoms with van der Waals surface area (Å²) >= 11 is 0. The molecule has 0 saturated carbocycles. The van der Waals surface area contributed by atoms with Crippen molar-refractivity contribution in [3.05, 3.63) is 35.4 Å². The molecule has 2 N–H and O–H groups in total. The minimum Gasteiger partial charge on any atom is -0.872 e. The van der Waals surface area contributed by atoms with Crippen molar-refractivity contribution in [2.75, 3.05) is 26.4 Å². The third-order valence-corrected chi connectivity index (χ3v) is 4.77. The van der Waals surface area contributed by atoms with Gasteiger partial charge in [0, 0.05) is 10.9 Å². The van der Waals surface area contributed by atoms with Gasteiger partial charge in [-0.3, -0.25) is 19.0 Å². The molecule has 2 aromatic rings. The molecule has 1 aliphatic rings. The number of ether oxygens (including phenoxy) is 1. The van der Waals surface area contributed by atoms with Crippen LogP contribution < -0.4 is 56.5 Å². The molecule has 11 heteroatoms. The Labute approximate surface area is 197 Å². The first-order valence-corrected chi connectivity index (χ1v) is 8.99. The first-order chi connectivity index (χ1) is 12.2. The van der Waals surface area contributed by atoms with Crippen LogP contribution in [0.3, 0.4) is 0 Å². The van der Waals surface area contributed by atoms with Crippen molar-refractivity contribution in [3.63, 3.8) is 0 Å². The third kappa shape index (κ3) is 4.41. The largest absolute Gasteiger partial charge is 1.00 e. The number of hydrogen-bond donors (Lipinski definition) is 2. The molecule has 0 aromatic heterocycles. The number of imide groups is 1.